The molecule has 0 heterocycles. The van der Waals surface area contributed by atoms with E-state index in [4.69, 9.17) is 4.52 Å². The molecule has 1 rings (SSSR count). The van der Waals surface area contributed by atoms with Gasteiger partial charge in [0.25, 0.3) is 0 Å². The van der Waals surface area contributed by atoms with Crippen molar-refractivity contribution >= 4 is 13.7 Å². The summed E-state index contributed by atoms with van der Waals surface area (Å²) in [6.07, 6.45) is 5.02. The molecular formula is C12H15O3P. The van der Waals surface area contributed by atoms with Crippen LogP contribution in [-0.4, -0.2) is 11.5 Å². The highest BCUT2D eigenvalue weighted by atomic mass is 31.2. The summed E-state index contributed by atoms with van der Waals surface area (Å²) in [4.78, 5) is 9.42. The molecule has 1 unspecified atom stereocenters. The molecule has 86 valence electrons. The maximum Gasteiger partial charge on any atom is 0.351 e. The van der Waals surface area contributed by atoms with Crippen LogP contribution in [0, 0.1) is 0 Å². The van der Waals surface area contributed by atoms with Crippen molar-refractivity contribution in [3.8, 4) is 0 Å². The molecule has 1 aromatic carbocycles. The van der Waals surface area contributed by atoms with Gasteiger partial charge in [-0.25, -0.2) is 0 Å². The predicted molar refractivity (Wildman–Crippen MR) is 66.1 cm³/mol. The predicted octanol–water partition coefficient (Wildman–Crippen LogP) is 3.44. The highest BCUT2D eigenvalue weighted by molar-refractivity contribution is 7.56. The first-order valence-corrected chi connectivity index (χ1v) is 6.61. The molecule has 0 spiro atoms. The van der Waals surface area contributed by atoms with Gasteiger partial charge in [0, 0.05) is 5.82 Å². The minimum absolute atomic E-state index is 0.142. The number of rotatable bonds is 5. The lowest BCUT2D eigenvalue weighted by Gasteiger charge is -2.05. The highest BCUT2D eigenvalue weighted by Gasteiger charge is 2.12. The normalized spacial score (nSPS) is 15.6. The van der Waals surface area contributed by atoms with Crippen LogP contribution >= 0.6 is 7.60 Å². The fraction of sp³-hybridized carbons (Fsp3) is 0.167. The zero-order valence-corrected chi connectivity index (χ0v) is 10.0. The lowest BCUT2D eigenvalue weighted by Crippen LogP contribution is -1.86. The van der Waals surface area contributed by atoms with Gasteiger partial charge >= 0.3 is 7.60 Å². The Balaban J connectivity index is 2.58. The van der Waals surface area contributed by atoms with Crippen LogP contribution in [0.2, 0.25) is 0 Å². The smallest absolute Gasteiger partial charge is 0.321 e. The van der Waals surface area contributed by atoms with Crippen molar-refractivity contribution in [1.29, 1.82) is 0 Å². The molecule has 0 bridgehead atoms. The molecule has 0 saturated carbocycles. The Morgan fingerprint density at radius 3 is 2.69 bits per heavy atom. The largest absolute Gasteiger partial charge is 0.351 e. The average molecular weight is 238 g/mol. The number of hydrogen-bond donors (Lipinski definition) is 1. The summed E-state index contributed by atoms with van der Waals surface area (Å²) in [6.45, 7) is 1.97. The van der Waals surface area contributed by atoms with Crippen LogP contribution in [0.4, 0.5) is 0 Å². The van der Waals surface area contributed by atoms with Crippen LogP contribution in [0.15, 0.2) is 48.3 Å². The van der Waals surface area contributed by atoms with Crippen molar-refractivity contribution in [1.82, 2.24) is 0 Å². The van der Waals surface area contributed by atoms with Crippen molar-refractivity contribution in [2.24, 2.45) is 0 Å². The second-order valence-electron chi connectivity index (χ2n) is 3.16. The van der Waals surface area contributed by atoms with Crippen LogP contribution in [0.1, 0.15) is 12.5 Å². The molecule has 1 N–H and O–H groups in total. The molecule has 0 radical (unpaired) electrons. The Morgan fingerprint density at radius 2 is 2.06 bits per heavy atom. The van der Waals surface area contributed by atoms with E-state index in [1.165, 1.54) is 5.82 Å². The summed E-state index contributed by atoms with van der Waals surface area (Å²) in [6, 6.07) is 9.31. The van der Waals surface area contributed by atoms with Gasteiger partial charge in [0.2, 0.25) is 0 Å². The van der Waals surface area contributed by atoms with E-state index in [1.54, 1.807) is 18.2 Å². The summed E-state index contributed by atoms with van der Waals surface area (Å²) in [5.74, 6) is 1.20. The summed E-state index contributed by atoms with van der Waals surface area (Å²) in [5.41, 5.74) is 0.867. The van der Waals surface area contributed by atoms with E-state index >= 15 is 0 Å². The van der Waals surface area contributed by atoms with Gasteiger partial charge < -0.3 is 9.42 Å². The third-order valence-corrected chi connectivity index (χ3v) is 2.89. The van der Waals surface area contributed by atoms with Gasteiger partial charge in [0.15, 0.2) is 0 Å². The Morgan fingerprint density at radius 1 is 1.38 bits per heavy atom. The molecule has 0 saturated heterocycles. The minimum atomic E-state index is -3.62. The lowest BCUT2D eigenvalue weighted by atomic mass is 10.2. The Bertz CT molecular complexity index is 410. The zero-order chi connectivity index (χ0) is 11.9. The summed E-state index contributed by atoms with van der Waals surface area (Å²) in [7, 11) is -3.62. The lowest BCUT2D eigenvalue weighted by molar-refractivity contribution is 0.297. The standard InChI is InChI=1S/C12H15O3P/c1-2-3-10-15-16(13,14)11-9-12-7-5-4-6-8-12/h2-9,11H,10H2,1H3,(H,13,14). The Kier molecular flexibility index (Phi) is 5.20. The van der Waals surface area contributed by atoms with Crippen LogP contribution < -0.4 is 0 Å². The second-order valence-corrected chi connectivity index (χ2v) is 4.84. The molecular weight excluding hydrogens is 223 g/mol. The third-order valence-electron chi connectivity index (χ3n) is 1.85. The summed E-state index contributed by atoms with van der Waals surface area (Å²) >= 11 is 0. The van der Waals surface area contributed by atoms with Gasteiger partial charge in [-0.15, -0.1) is 0 Å². The van der Waals surface area contributed by atoms with Gasteiger partial charge in [-0.2, -0.15) is 0 Å². The monoisotopic (exact) mass is 238 g/mol. The molecule has 0 fully saturated rings. The van der Waals surface area contributed by atoms with Crippen LogP contribution in [0.25, 0.3) is 6.08 Å². The van der Waals surface area contributed by atoms with E-state index in [-0.39, 0.29) is 6.61 Å². The second kappa shape index (κ2) is 6.44. The van der Waals surface area contributed by atoms with Gasteiger partial charge in [0.05, 0.1) is 6.61 Å². The van der Waals surface area contributed by atoms with E-state index in [0.717, 1.165) is 5.56 Å². The first-order valence-electron chi connectivity index (χ1n) is 4.96. The molecule has 0 amide bonds. The van der Waals surface area contributed by atoms with Crippen LogP contribution in [-0.2, 0) is 9.09 Å². The van der Waals surface area contributed by atoms with Crippen molar-refractivity contribution < 1.29 is 14.0 Å². The maximum atomic E-state index is 11.5. The van der Waals surface area contributed by atoms with Crippen molar-refractivity contribution in [2.45, 2.75) is 6.92 Å². The molecule has 16 heavy (non-hydrogen) atoms. The van der Waals surface area contributed by atoms with E-state index in [1.807, 2.05) is 37.3 Å². The van der Waals surface area contributed by atoms with E-state index in [0.29, 0.717) is 0 Å². The van der Waals surface area contributed by atoms with Gasteiger partial charge in [-0.1, -0.05) is 42.5 Å². The highest BCUT2D eigenvalue weighted by Crippen LogP contribution is 2.43. The SMILES string of the molecule is CC=CCOP(=O)(O)C=Cc1ccccc1. The molecule has 0 aliphatic carbocycles. The first-order chi connectivity index (χ1) is 7.64. The molecule has 0 aliphatic heterocycles. The number of benzene rings is 1. The van der Waals surface area contributed by atoms with E-state index < -0.39 is 7.60 Å². The van der Waals surface area contributed by atoms with Crippen molar-refractivity contribution in [2.75, 3.05) is 6.61 Å². The van der Waals surface area contributed by atoms with Gasteiger partial charge in [0.1, 0.15) is 0 Å². The molecule has 1 atom stereocenters. The molecule has 0 aromatic heterocycles. The van der Waals surface area contributed by atoms with Crippen LogP contribution in [0.3, 0.4) is 0 Å². The average Bonchev–Trinajstić information content (AvgIpc) is 2.28. The topological polar surface area (TPSA) is 46.5 Å². The van der Waals surface area contributed by atoms with Crippen molar-refractivity contribution in [3.05, 3.63) is 53.9 Å². The number of hydrogen-bond acceptors (Lipinski definition) is 2. The van der Waals surface area contributed by atoms with Gasteiger partial charge in [-0.05, 0) is 18.6 Å². The number of allylic oxidation sites excluding steroid dienone is 1. The van der Waals surface area contributed by atoms with E-state index in [9.17, 15) is 9.46 Å². The Labute approximate surface area is 95.6 Å². The molecule has 1 aromatic rings. The van der Waals surface area contributed by atoms with Gasteiger partial charge in [-0.3, -0.25) is 4.57 Å². The van der Waals surface area contributed by atoms with Crippen LogP contribution in [0.5, 0.6) is 0 Å². The first kappa shape index (κ1) is 12.9. The molecule has 0 aliphatic rings. The summed E-state index contributed by atoms with van der Waals surface area (Å²) in [5, 5.41) is 0. The third kappa shape index (κ3) is 5.08. The fourth-order valence-electron chi connectivity index (χ4n) is 1.03. The summed E-state index contributed by atoms with van der Waals surface area (Å²) < 4.78 is 16.3. The quantitative estimate of drug-likeness (QED) is 0.631. The zero-order valence-electron chi connectivity index (χ0n) is 9.11. The van der Waals surface area contributed by atoms with E-state index in [2.05, 4.69) is 0 Å². The minimum Gasteiger partial charge on any atom is -0.321 e. The Hall–Kier alpha value is -1.15. The molecule has 4 heteroatoms. The maximum absolute atomic E-state index is 11.5. The van der Waals surface area contributed by atoms with Crippen molar-refractivity contribution in [3.63, 3.8) is 0 Å². The molecule has 3 nitrogen and oxygen atoms in total. The fourth-order valence-corrected chi connectivity index (χ4v) is 1.78.